The van der Waals surface area contributed by atoms with E-state index >= 15 is 0 Å². The Kier molecular flexibility index (Phi) is 4.91. The molecule has 0 bridgehead atoms. The molecule has 0 saturated heterocycles. The highest BCUT2D eigenvalue weighted by Gasteiger charge is 2.13. The van der Waals surface area contributed by atoms with Crippen molar-refractivity contribution in [3.8, 4) is 11.5 Å². The van der Waals surface area contributed by atoms with Gasteiger partial charge in [-0.1, -0.05) is 0 Å². The maximum Gasteiger partial charge on any atom is 0.163 e. The summed E-state index contributed by atoms with van der Waals surface area (Å²) in [5.41, 5.74) is 7.51. The topological polar surface area (TPSA) is 112 Å². The van der Waals surface area contributed by atoms with E-state index in [4.69, 9.17) is 15.2 Å². The average Bonchev–Trinajstić information content (AvgIpc) is 3.21. The van der Waals surface area contributed by atoms with E-state index in [1.165, 1.54) is 6.33 Å². The van der Waals surface area contributed by atoms with Crippen LogP contribution in [0.25, 0.3) is 0 Å². The van der Waals surface area contributed by atoms with E-state index in [1.807, 2.05) is 29.0 Å². The first kappa shape index (κ1) is 17.0. The van der Waals surface area contributed by atoms with Gasteiger partial charge < -0.3 is 30.4 Å². The van der Waals surface area contributed by atoms with Gasteiger partial charge in [-0.15, -0.1) is 0 Å². The van der Waals surface area contributed by atoms with Crippen LogP contribution in [0.3, 0.4) is 0 Å². The second kappa shape index (κ2) is 7.81. The Labute approximate surface area is 156 Å². The zero-order valence-electron chi connectivity index (χ0n) is 14.8. The fourth-order valence-corrected chi connectivity index (χ4v) is 2.78. The summed E-state index contributed by atoms with van der Waals surface area (Å²) >= 11 is 0. The van der Waals surface area contributed by atoms with Crippen LogP contribution >= 0.6 is 0 Å². The maximum absolute atomic E-state index is 6.22. The lowest BCUT2D eigenvalue weighted by Gasteiger charge is -2.19. The highest BCUT2D eigenvalue weighted by atomic mass is 16.6. The van der Waals surface area contributed by atoms with Crippen molar-refractivity contribution in [2.24, 2.45) is 0 Å². The smallest absolute Gasteiger partial charge is 0.163 e. The summed E-state index contributed by atoms with van der Waals surface area (Å²) in [5.74, 6) is 2.59. The van der Waals surface area contributed by atoms with Gasteiger partial charge in [0.05, 0.1) is 6.33 Å². The maximum atomic E-state index is 6.22. The summed E-state index contributed by atoms with van der Waals surface area (Å²) < 4.78 is 13.2. The fourth-order valence-electron chi connectivity index (χ4n) is 2.78. The molecule has 140 valence electrons. The Morgan fingerprint density at radius 2 is 1.96 bits per heavy atom. The van der Waals surface area contributed by atoms with E-state index in [0.717, 1.165) is 30.9 Å². The first-order chi connectivity index (χ1) is 13.3. The molecule has 0 aliphatic carbocycles. The summed E-state index contributed by atoms with van der Waals surface area (Å²) in [6.45, 7) is 2.72. The molecule has 1 aromatic carbocycles. The minimum Gasteiger partial charge on any atom is -0.486 e. The van der Waals surface area contributed by atoms with Crippen LogP contribution in [0, 0.1) is 0 Å². The van der Waals surface area contributed by atoms with Gasteiger partial charge in [-0.3, -0.25) is 0 Å². The number of fused-ring (bicyclic) bond motifs is 1. The number of hydrogen-bond acceptors (Lipinski definition) is 8. The van der Waals surface area contributed by atoms with Gasteiger partial charge in [0.1, 0.15) is 25.2 Å². The monoisotopic (exact) mass is 367 g/mol. The average molecular weight is 367 g/mol. The SMILES string of the molecule is Nc1c(NCCCn2ccnc2)ncnc1Nc1ccc2c(c1)OCCO2. The number of anilines is 4. The number of nitrogen functional groups attached to an aromatic ring is 1. The number of nitrogens with one attached hydrogen (secondary N) is 2. The van der Waals surface area contributed by atoms with Gasteiger partial charge in [0.2, 0.25) is 0 Å². The molecule has 0 saturated carbocycles. The lowest BCUT2D eigenvalue weighted by molar-refractivity contribution is 0.171. The van der Waals surface area contributed by atoms with Gasteiger partial charge >= 0.3 is 0 Å². The Morgan fingerprint density at radius 1 is 1.11 bits per heavy atom. The summed E-state index contributed by atoms with van der Waals surface area (Å²) in [6, 6.07) is 5.63. The van der Waals surface area contributed by atoms with E-state index in [9.17, 15) is 0 Å². The molecule has 1 aliphatic heterocycles. The number of ether oxygens (including phenoxy) is 2. The zero-order valence-corrected chi connectivity index (χ0v) is 14.8. The number of rotatable bonds is 7. The zero-order chi connectivity index (χ0) is 18.5. The van der Waals surface area contributed by atoms with Crippen LogP contribution in [0.5, 0.6) is 11.5 Å². The summed E-state index contributed by atoms with van der Waals surface area (Å²) in [5, 5.41) is 6.47. The van der Waals surface area contributed by atoms with E-state index < -0.39 is 0 Å². The van der Waals surface area contributed by atoms with Gasteiger partial charge in [0.25, 0.3) is 0 Å². The lowest BCUT2D eigenvalue weighted by Crippen LogP contribution is -2.15. The number of aromatic nitrogens is 4. The fraction of sp³-hybridized carbons (Fsp3) is 0.278. The predicted molar refractivity (Wildman–Crippen MR) is 102 cm³/mol. The van der Waals surface area contributed by atoms with Crippen molar-refractivity contribution < 1.29 is 9.47 Å². The van der Waals surface area contributed by atoms with Gasteiger partial charge in [0, 0.05) is 37.2 Å². The molecule has 0 radical (unpaired) electrons. The number of nitrogens with two attached hydrogens (primary N) is 1. The molecule has 9 nitrogen and oxygen atoms in total. The lowest BCUT2D eigenvalue weighted by atomic mass is 10.2. The highest BCUT2D eigenvalue weighted by molar-refractivity contribution is 5.78. The number of imidazole rings is 1. The van der Waals surface area contributed by atoms with E-state index in [1.54, 1.807) is 12.5 Å². The van der Waals surface area contributed by atoms with Crippen LogP contribution in [0.15, 0.2) is 43.2 Å². The van der Waals surface area contributed by atoms with Crippen molar-refractivity contribution in [2.45, 2.75) is 13.0 Å². The minimum absolute atomic E-state index is 0.468. The highest BCUT2D eigenvalue weighted by Crippen LogP contribution is 2.34. The van der Waals surface area contributed by atoms with Crippen molar-refractivity contribution in [1.29, 1.82) is 0 Å². The van der Waals surface area contributed by atoms with Crippen LogP contribution in [-0.2, 0) is 6.54 Å². The Bertz CT molecular complexity index is 899. The van der Waals surface area contributed by atoms with Crippen molar-refractivity contribution >= 4 is 23.0 Å². The van der Waals surface area contributed by atoms with Crippen LogP contribution in [0.1, 0.15) is 6.42 Å². The summed E-state index contributed by atoms with van der Waals surface area (Å²) in [4.78, 5) is 12.5. The second-order valence-corrected chi connectivity index (χ2v) is 6.05. The number of aryl methyl sites for hydroxylation is 1. The molecule has 0 fully saturated rings. The Morgan fingerprint density at radius 3 is 2.81 bits per heavy atom. The Hall–Kier alpha value is -3.49. The number of benzene rings is 1. The minimum atomic E-state index is 0.468. The first-order valence-corrected chi connectivity index (χ1v) is 8.76. The van der Waals surface area contributed by atoms with Gasteiger partial charge in [0.15, 0.2) is 23.1 Å². The molecule has 0 atom stereocenters. The van der Waals surface area contributed by atoms with Crippen LogP contribution in [-0.4, -0.2) is 39.3 Å². The molecule has 0 spiro atoms. The molecule has 27 heavy (non-hydrogen) atoms. The Balaban J connectivity index is 1.39. The molecule has 0 amide bonds. The largest absolute Gasteiger partial charge is 0.486 e. The standard InChI is InChI=1S/C18H21N7O2/c19-16-17(21-4-1-6-25-7-5-20-12-25)22-11-23-18(16)24-13-2-3-14-15(10-13)27-9-8-26-14/h2-3,5,7,10-12H,1,4,6,8-9,19H2,(H2,21,22,23,24). The molecule has 9 heteroatoms. The van der Waals surface area contributed by atoms with Crippen molar-refractivity contribution in [1.82, 2.24) is 19.5 Å². The van der Waals surface area contributed by atoms with Crippen molar-refractivity contribution in [3.63, 3.8) is 0 Å². The molecule has 0 unspecified atom stereocenters. The third-order valence-corrected chi connectivity index (χ3v) is 4.13. The second-order valence-electron chi connectivity index (χ2n) is 6.05. The van der Waals surface area contributed by atoms with Crippen LogP contribution in [0.2, 0.25) is 0 Å². The van der Waals surface area contributed by atoms with Crippen molar-refractivity contribution in [3.05, 3.63) is 43.2 Å². The van der Waals surface area contributed by atoms with Crippen LogP contribution < -0.4 is 25.8 Å². The third-order valence-electron chi connectivity index (χ3n) is 4.13. The quantitative estimate of drug-likeness (QED) is 0.545. The normalized spacial score (nSPS) is 12.6. The molecule has 3 heterocycles. The summed E-state index contributed by atoms with van der Waals surface area (Å²) in [7, 11) is 0. The van der Waals surface area contributed by atoms with E-state index in [0.29, 0.717) is 36.3 Å². The first-order valence-electron chi connectivity index (χ1n) is 8.76. The molecule has 4 rings (SSSR count). The molecule has 1 aliphatic rings. The number of hydrogen-bond donors (Lipinski definition) is 3. The number of nitrogens with zero attached hydrogens (tertiary/aromatic N) is 4. The molecule has 3 aromatic rings. The third kappa shape index (κ3) is 4.02. The van der Waals surface area contributed by atoms with Crippen LogP contribution in [0.4, 0.5) is 23.0 Å². The molecular weight excluding hydrogens is 346 g/mol. The summed E-state index contributed by atoms with van der Waals surface area (Å²) in [6.07, 6.45) is 7.91. The van der Waals surface area contributed by atoms with Gasteiger partial charge in [-0.2, -0.15) is 0 Å². The molecule has 4 N–H and O–H groups in total. The van der Waals surface area contributed by atoms with E-state index in [2.05, 4.69) is 25.6 Å². The predicted octanol–water partition coefficient (Wildman–Crippen LogP) is 2.27. The van der Waals surface area contributed by atoms with Gasteiger partial charge in [-0.05, 0) is 18.6 Å². The van der Waals surface area contributed by atoms with E-state index in [-0.39, 0.29) is 0 Å². The van der Waals surface area contributed by atoms with Crippen molar-refractivity contribution in [2.75, 3.05) is 36.1 Å². The molecule has 2 aromatic heterocycles. The van der Waals surface area contributed by atoms with Gasteiger partial charge in [-0.25, -0.2) is 15.0 Å². The molecular formula is C18H21N7O2.